The number of nitrogens with zero attached hydrogens (tertiary/aromatic N) is 2. The van der Waals surface area contributed by atoms with E-state index >= 15 is 0 Å². The van der Waals surface area contributed by atoms with Gasteiger partial charge in [-0.1, -0.05) is 0 Å². The normalized spacial score (nSPS) is 14.9. The predicted octanol–water partition coefficient (Wildman–Crippen LogP) is 4.37. The van der Waals surface area contributed by atoms with Crippen LogP contribution in [0.25, 0.3) is 10.6 Å². The number of aliphatic hydroxyl groups is 2. The molecule has 0 saturated carbocycles. The molecule has 0 radical (unpaired) electrons. The Morgan fingerprint density at radius 3 is 2.31 bits per heavy atom. The molecule has 15 heteroatoms. The minimum Gasteiger partial charge on any atom is -0.393 e. The van der Waals surface area contributed by atoms with Crippen LogP contribution in [0.2, 0.25) is 0 Å². The zero-order valence-electron chi connectivity index (χ0n) is 20.4. The summed E-state index contributed by atoms with van der Waals surface area (Å²) < 4.78 is 65.9. The van der Waals surface area contributed by atoms with Crippen LogP contribution in [-0.4, -0.2) is 56.4 Å². The lowest BCUT2D eigenvalue weighted by Crippen LogP contribution is -2.51. The van der Waals surface area contributed by atoms with Gasteiger partial charge in [-0.25, -0.2) is 18.7 Å². The van der Waals surface area contributed by atoms with Crippen molar-refractivity contribution in [2.24, 2.45) is 0 Å². The number of aromatic nitrogens is 2. The second kappa shape index (κ2) is 13.4. The molecule has 4 atom stereocenters. The van der Waals surface area contributed by atoms with Gasteiger partial charge in [0.25, 0.3) is 5.91 Å². The molecule has 2 amide bonds. The van der Waals surface area contributed by atoms with Crippen molar-refractivity contribution in [2.75, 3.05) is 0 Å². The molecule has 0 saturated heterocycles. The lowest BCUT2D eigenvalue weighted by molar-refractivity contribution is -0.140. The van der Waals surface area contributed by atoms with Crippen LogP contribution in [0, 0.1) is 11.6 Å². The van der Waals surface area contributed by atoms with E-state index in [9.17, 15) is 41.8 Å². The van der Waals surface area contributed by atoms with Gasteiger partial charge in [-0.05, 0) is 38.3 Å². The summed E-state index contributed by atoms with van der Waals surface area (Å²) in [6.07, 6.45) is -6.34. The minimum absolute atomic E-state index is 0.000887. The van der Waals surface area contributed by atoms with Crippen LogP contribution in [0.15, 0.2) is 36.0 Å². The van der Waals surface area contributed by atoms with Crippen LogP contribution in [0.4, 0.5) is 22.0 Å². The van der Waals surface area contributed by atoms with Crippen molar-refractivity contribution < 1.29 is 41.8 Å². The van der Waals surface area contributed by atoms with Gasteiger partial charge >= 0.3 is 6.18 Å². The summed E-state index contributed by atoms with van der Waals surface area (Å²) >= 11 is 1.81. The second-order valence-electron chi connectivity index (χ2n) is 8.72. The fourth-order valence-corrected chi connectivity index (χ4v) is 5.05. The first kappa shape index (κ1) is 30.5. The van der Waals surface area contributed by atoms with Crippen molar-refractivity contribution >= 4 is 34.5 Å². The fraction of sp³-hybridized carbons (Fsp3) is 0.417. The van der Waals surface area contributed by atoms with Crippen molar-refractivity contribution in [3.05, 3.63) is 57.5 Å². The Labute approximate surface area is 227 Å². The molecule has 0 bridgehead atoms. The highest BCUT2D eigenvalue weighted by Crippen LogP contribution is 2.29. The summed E-state index contributed by atoms with van der Waals surface area (Å²) in [5.41, 5.74) is 0.101. The van der Waals surface area contributed by atoms with E-state index < -0.39 is 66.8 Å². The van der Waals surface area contributed by atoms with Gasteiger partial charge in [0.15, 0.2) is 0 Å². The standard InChI is InChI=1S/C24H25F5N4O4S2/c1-12(34)2-3-17(20(36)32-16(4-5-24(27,28)29)19(35)23-30-6-7-38-23)33-21(37)18-11-31-22(39-18)13-8-14(25)10-15(26)9-13/h6-12,16-17,19,34-35H,2-5H2,1H3,(H,32,36)(H,33,37)/t12?,16-,17-,19?/m0/s1. The van der Waals surface area contributed by atoms with Crippen molar-refractivity contribution in [2.45, 2.75) is 63.1 Å². The van der Waals surface area contributed by atoms with Gasteiger partial charge in [0.2, 0.25) is 5.91 Å². The third kappa shape index (κ3) is 9.30. The van der Waals surface area contributed by atoms with Crippen molar-refractivity contribution in [1.82, 2.24) is 20.6 Å². The predicted molar refractivity (Wildman–Crippen MR) is 134 cm³/mol. The Balaban J connectivity index is 1.77. The van der Waals surface area contributed by atoms with Crippen LogP contribution in [-0.2, 0) is 4.79 Å². The molecule has 2 heterocycles. The molecule has 0 aliphatic carbocycles. The fourth-order valence-electron chi connectivity index (χ4n) is 3.56. The lowest BCUT2D eigenvalue weighted by atomic mass is 10.0. The molecule has 8 nitrogen and oxygen atoms in total. The van der Waals surface area contributed by atoms with E-state index in [1.165, 1.54) is 18.5 Å². The molecule has 3 rings (SSSR count). The van der Waals surface area contributed by atoms with E-state index in [1.54, 1.807) is 0 Å². The van der Waals surface area contributed by atoms with Crippen LogP contribution in [0.5, 0.6) is 0 Å². The Morgan fingerprint density at radius 1 is 1.03 bits per heavy atom. The number of benzene rings is 1. The summed E-state index contributed by atoms with van der Waals surface area (Å²) in [6, 6.07) is 0.105. The van der Waals surface area contributed by atoms with Crippen molar-refractivity contribution in [1.29, 1.82) is 0 Å². The average molecular weight is 593 g/mol. The average Bonchev–Trinajstić information content (AvgIpc) is 3.55. The number of carbonyl (C=O) groups is 2. The molecule has 0 fully saturated rings. The molecule has 3 aromatic rings. The quantitative estimate of drug-likeness (QED) is 0.232. The number of carbonyl (C=O) groups excluding carboxylic acids is 2. The van der Waals surface area contributed by atoms with Gasteiger partial charge in [0.1, 0.15) is 38.7 Å². The topological polar surface area (TPSA) is 124 Å². The Kier molecular flexibility index (Phi) is 10.5. The molecule has 0 aliphatic rings. The number of hydrogen-bond acceptors (Lipinski definition) is 8. The monoisotopic (exact) mass is 592 g/mol. The highest BCUT2D eigenvalue weighted by molar-refractivity contribution is 7.16. The summed E-state index contributed by atoms with van der Waals surface area (Å²) in [6.45, 7) is 1.46. The first-order valence-corrected chi connectivity index (χ1v) is 13.4. The third-order valence-corrected chi connectivity index (χ3v) is 7.38. The minimum atomic E-state index is -4.54. The molecule has 2 unspecified atom stereocenters. The van der Waals surface area contributed by atoms with Gasteiger partial charge in [0.05, 0.1) is 18.3 Å². The van der Waals surface area contributed by atoms with Crippen molar-refractivity contribution in [3.8, 4) is 10.6 Å². The Morgan fingerprint density at radius 2 is 1.72 bits per heavy atom. The molecule has 0 spiro atoms. The summed E-state index contributed by atoms with van der Waals surface area (Å²) in [4.78, 5) is 33.9. The van der Waals surface area contributed by atoms with Crippen molar-refractivity contribution in [3.63, 3.8) is 0 Å². The number of alkyl halides is 3. The Hall–Kier alpha value is -3.01. The molecule has 212 valence electrons. The highest BCUT2D eigenvalue weighted by atomic mass is 32.1. The van der Waals surface area contributed by atoms with Gasteiger partial charge < -0.3 is 20.8 Å². The van der Waals surface area contributed by atoms with E-state index in [4.69, 9.17) is 0 Å². The molecule has 1 aromatic carbocycles. The third-order valence-electron chi connectivity index (χ3n) is 5.49. The molecule has 0 aliphatic heterocycles. The van der Waals surface area contributed by atoms with E-state index in [1.807, 2.05) is 0 Å². The number of rotatable bonds is 12. The summed E-state index contributed by atoms with van der Waals surface area (Å²) in [7, 11) is 0. The van der Waals surface area contributed by atoms with Gasteiger partial charge in [-0.2, -0.15) is 13.2 Å². The van der Waals surface area contributed by atoms with Crippen LogP contribution < -0.4 is 10.6 Å². The number of aliphatic hydroxyl groups excluding tert-OH is 2. The number of amides is 2. The summed E-state index contributed by atoms with van der Waals surface area (Å²) in [5.74, 6) is -3.31. The molecular weight excluding hydrogens is 567 g/mol. The van der Waals surface area contributed by atoms with E-state index in [0.29, 0.717) is 6.07 Å². The maximum absolute atomic E-state index is 13.6. The largest absolute Gasteiger partial charge is 0.393 e. The van der Waals surface area contributed by atoms with E-state index in [-0.39, 0.29) is 33.3 Å². The maximum Gasteiger partial charge on any atom is 0.389 e. The number of halogens is 5. The molecule has 39 heavy (non-hydrogen) atoms. The maximum atomic E-state index is 13.6. The SMILES string of the molecule is CC(O)CC[C@H](NC(=O)c1cnc(-c2cc(F)cc(F)c2)s1)C(=O)N[C@@H](CCC(F)(F)F)C(O)c1nccs1. The smallest absolute Gasteiger partial charge is 0.389 e. The first-order valence-electron chi connectivity index (χ1n) is 11.7. The molecular formula is C24H25F5N4O4S2. The Bertz CT molecular complexity index is 1230. The molecule has 2 aromatic heterocycles. The summed E-state index contributed by atoms with van der Waals surface area (Å²) in [5, 5.41) is 26.9. The number of nitrogens with one attached hydrogen (secondary N) is 2. The van der Waals surface area contributed by atoms with E-state index in [2.05, 4.69) is 20.6 Å². The zero-order chi connectivity index (χ0) is 28.7. The number of hydrogen-bond donors (Lipinski definition) is 4. The second-order valence-corrected chi connectivity index (χ2v) is 10.7. The van der Waals surface area contributed by atoms with E-state index in [0.717, 1.165) is 41.0 Å². The van der Waals surface area contributed by atoms with Crippen LogP contribution >= 0.6 is 22.7 Å². The van der Waals surface area contributed by atoms with Gasteiger partial charge in [-0.3, -0.25) is 9.59 Å². The van der Waals surface area contributed by atoms with Crippen LogP contribution in [0.3, 0.4) is 0 Å². The molecule has 4 N–H and O–H groups in total. The first-order chi connectivity index (χ1) is 18.3. The van der Waals surface area contributed by atoms with Gasteiger partial charge in [-0.15, -0.1) is 22.7 Å². The number of thiazole rings is 2. The highest BCUT2D eigenvalue weighted by Gasteiger charge is 2.34. The zero-order valence-corrected chi connectivity index (χ0v) is 22.0. The lowest BCUT2D eigenvalue weighted by Gasteiger charge is -2.26. The van der Waals surface area contributed by atoms with Crippen LogP contribution in [0.1, 0.15) is 53.4 Å². The van der Waals surface area contributed by atoms with Gasteiger partial charge in [0, 0.05) is 29.6 Å².